The van der Waals surface area contributed by atoms with E-state index in [1.807, 2.05) is 12.1 Å². The van der Waals surface area contributed by atoms with Crippen molar-refractivity contribution in [2.45, 2.75) is 32.2 Å². The van der Waals surface area contributed by atoms with Crippen molar-refractivity contribution < 1.29 is 14.6 Å². The number of hydrogen-bond acceptors (Lipinski definition) is 3. The largest absolute Gasteiger partial charge is 0.496 e. The molecule has 1 aliphatic rings. The average Bonchev–Trinajstić information content (AvgIpc) is 2.73. The number of carboxylic acid groups (broad SMARTS) is 1. The Bertz CT molecular complexity index is 445. The lowest BCUT2D eigenvalue weighted by atomic mass is 10.1. The molecule has 1 unspecified atom stereocenters. The van der Waals surface area contributed by atoms with E-state index in [-0.39, 0.29) is 12.5 Å². The number of likely N-dealkylation sites (N-methyl/N-ethyl adjacent to an activating group) is 1. The summed E-state index contributed by atoms with van der Waals surface area (Å²) in [6.45, 7) is 2.99. The van der Waals surface area contributed by atoms with E-state index in [1.165, 1.54) is 11.3 Å². The first-order valence-corrected chi connectivity index (χ1v) is 6.31. The lowest BCUT2D eigenvalue weighted by Crippen LogP contribution is -2.32. The van der Waals surface area contributed by atoms with Crippen LogP contribution in [0.5, 0.6) is 5.75 Å². The number of anilines is 1. The molecular weight excluding hydrogens is 230 g/mol. The van der Waals surface area contributed by atoms with Gasteiger partial charge in [-0.3, -0.25) is 4.79 Å². The van der Waals surface area contributed by atoms with E-state index in [4.69, 9.17) is 9.84 Å². The first kappa shape index (κ1) is 12.7. The van der Waals surface area contributed by atoms with Crippen molar-refractivity contribution in [3.05, 3.63) is 23.8 Å². The second kappa shape index (κ2) is 5.29. The fourth-order valence-electron chi connectivity index (χ4n) is 2.74. The Hall–Kier alpha value is -1.71. The summed E-state index contributed by atoms with van der Waals surface area (Å²) in [6.07, 6.45) is 1.78. The quantitative estimate of drug-likeness (QED) is 0.870. The molecule has 0 fully saturated rings. The lowest BCUT2D eigenvalue weighted by Gasteiger charge is -2.25. The van der Waals surface area contributed by atoms with Crippen LogP contribution >= 0.6 is 0 Å². The van der Waals surface area contributed by atoms with Crippen molar-refractivity contribution in [2.24, 2.45) is 0 Å². The molecule has 0 saturated heterocycles. The zero-order valence-electron chi connectivity index (χ0n) is 10.8. The number of methoxy groups -OCH3 is 1. The van der Waals surface area contributed by atoms with Crippen LogP contribution in [0.3, 0.4) is 0 Å². The van der Waals surface area contributed by atoms with Gasteiger partial charge in [0.25, 0.3) is 0 Å². The van der Waals surface area contributed by atoms with Crippen molar-refractivity contribution in [1.29, 1.82) is 0 Å². The molecule has 18 heavy (non-hydrogen) atoms. The Morgan fingerprint density at radius 1 is 1.56 bits per heavy atom. The standard InChI is InChI=1S/C14H19NO3/c1-3-15-10(7-8-14(16)17)9-11-12(15)5-4-6-13(11)18-2/h4-6,10H,3,7-9H2,1-2H3,(H,16,17). The van der Waals surface area contributed by atoms with Gasteiger partial charge in [-0.05, 0) is 31.9 Å². The topological polar surface area (TPSA) is 49.8 Å². The Morgan fingerprint density at radius 2 is 2.33 bits per heavy atom. The van der Waals surface area contributed by atoms with Crippen molar-refractivity contribution in [3.8, 4) is 5.75 Å². The molecule has 1 aromatic rings. The van der Waals surface area contributed by atoms with E-state index in [0.29, 0.717) is 6.42 Å². The average molecular weight is 249 g/mol. The number of hydrogen-bond donors (Lipinski definition) is 1. The molecule has 0 radical (unpaired) electrons. The van der Waals surface area contributed by atoms with Gasteiger partial charge in [0.15, 0.2) is 0 Å². The van der Waals surface area contributed by atoms with Crippen LogP contribution in [0, 0.1) is 0 Å². The number of rotatable bonds is 5. The van der Waals surface area contributed by atoms with Crippen LogP contribution < -0.4 is 9.64 Å². The first-order chi connectivity index (χ1) is 8.67. The summed E-state index contributed by atoms with van der Waals surface area (Å²) < 4.78 is 5.38. The van der Waals surface area contributed by atoms with Gasteiger partial charge in [-0.25, -0.2) is 0 Å². The van der Waals surface area contributed by atoms with Crippen LogP contribution in [0.2, 0.25) is 0 Å². The minimum atomic E-state index is -0.728. The van der Waals surface area contributed by atoms with E-state index in [2.05, 4.69) is 17.9 Å². The maximum absolute atomic E-state index is 10.7. The van der Waals surface area contributed by atoms with Gasteiger partial charge in [0, 0.05) is 30.3 Å². The zero-order valence-corrected chi connectivity index (χ0v) is 10.8. The van der Waals surface area contributed by atoms with Crippen LogP contribution in [-0.4, -0.2) is 30.8 Å². The number of carbonyl (C=O) groups is 1. The molecule has 4 nitrogen and oxygen atoms in total. The summed E-state index contributed by atoms with van der Waals surface area (Å²) in [6, 6.07) is 6.31. The summed E-state index contributed by atoms with van der Waals surface area (Å²) in [5.41, 5.74) is 2.39. The van der Waals surface area contributed by atoms with E-state index in [0.717, 1.165) is 18.7 Å². The number of nitrogens with zero attached hydrogens (tertiary/aromatic N) is 1. The van der Waals surface area contributed by atoms with Crippen molar-refractivity contribution in [3.63, 3.8) is 0 Å². The highest BCUT2D eigenvalue weighted by Gasteiger charge is 2.30. The lowest BCUT2D eigenvalue weighted by molar-refractivity contribution is -0.137. The van der Waals surface area contributed by atoms with Crippen LogP contribution in [0.4, 0.5) is 5.69 Å². The number of benzene rings is 1. The smallest absolute Gasteiger partial charge is 0.303 e. The van der Waals surface area contributed by atoms with Crippen LogP contribution in [0.25, 0.3) is 0 Å². The summed E-state index contributed by atoms with van der Waals surface area (Å²) >= 11 is 0. The molecule has 2 rings (SSSR count). The first-order valence-electron chi connectivity index (χ1n) is 6.31. The van der Waals surface area contributed by atoms with E-state index in [1.54, 1.807) is 7.11 Å². The molecule has 1 heterocycles. The van der Waals surface area contributed by atoms with E-state index < -0.39 is 5.97 Å². The molecule has 1 aliphatic heterocycles. The predicted octanol–water partition coefficient (Wildman–Crippen LogP) is 2.31. The van der Waals surface area contributed by atoms with Crippen molar-refractivity contribution in [2.75, 3.05) is 18.6 Å². The summed E-state index contributed by atoms with van der Waals surface area (Å²) in [7, 11) is 1.68. The van der Waals surface area contributed by atoms with Crippen LogP contribution in [0.1, 0.15) is 25.3 Å². The zero-order chi connectivity index (χ0) is 13.1. The molecular formula is C14H19NO3. The summed E-state index contributed by atoms with van der Waals surface area (Å²) in [4.78, 5) is 13.0. The minimum absolute atomic E-state index is 0.220. The third-order valence-electron chi connectivity index (χ3n) is 3.55. The molecule has 1 aromatic carbocycles. The van der Waals surface area contributed by atoms with Gasteiger partial charge in [0.2, 0.25) is 0 Å². The van der Waals surface area contributed by atoms with Gasteiger partial charge >= 0.3 is 5.97 Å². The van der Waals surface area contributed by atoms with Crippen LogP contribution in [-0.2, 0) is 11.2 Å². The van der Waals surface area contributed by atoms with E-state index >= 15 is 0 Å². The molecule has 0 aromatic heterocycles. The second-order valence-corrected chi connectivity index (χ2v) is 4.53. The van der Waals surface area contributed by atoms with Crippen molar-refractivity contribution >= 4 is 11.7 Å². The summed E-state index contributed by atoms with van der Waals surface area (Å²) in [5, 5.41) is 8.81. The van der Waals surface area contributed by atoms with Gasteiger partial charge in [-0.1, -0.05) is 6.07 Å². The van der Waals surface area contributed by atoms with Gasteiger partial charge in [0.05, 0.1) is 7.11 Å². The summed E-state index contributed by atoms with van der Waals surface area (Å²) in [5.74, 6) is 0.178. The Morgan fingerprint density at radius 3 is 2.94 bits per heavy atom. The number of fused-ring (bicyclic) bond motifs is 1. The Balaban J connectivity index is 2.22. The third-order valence-corrected chi connectivity index (χ3v) is 3.55. The van der Waals surface area contributed by atoms with E-state index in [9.17, 15) is 4.79 Å². The highest BCUT2D eigenvalue weighted by molar-refractivity contribution is 5.68. The van der Waals surface area contributed by atoms with Gasteiger partial charge in [-0.2, -0.15) is 0 Å². The molecule has 0 spiro atoms. The van der Waals surface area contributed by atoms with Gasteiger partial charge < -0.3 is 14.7 Å². The molecule has 1 N–H and O–H groups in total. The molecule has 1 atom stereocenters. The van der Waals surface area contributed by atoms with Crippen molar-refractivity contribution in [1.82, 2.24) is 0 Å². The fourth-order valence-corrected chi connectivity index (χ4v) is 2.74. The Kier molecular flexibility index (Phi) is 3.75. The molecule has 0 bridgehead atoms. The maximum atomic E-state index is 10.7. The molecule has 4 heteroatoms. The monoisotopic (exact) mass is 249 g/mol. The highest BCUT2D eigenvalue weighted by Crippen LogP contribution is 2.39. The Labute approximate surface area is 107 Å². The fraction of sp³-hybridized carbons (Fsp3) is 0.500. The SMILES string of the molecule is CCN1c2cccc(OC)c2CC1CCC(=O)O. The normalized spacial score (nSPS) is 17.7. The molecule has 0 saturated carbocycles. The van der Waals surface area contributed by atoms with Gasteiger partial charge in [-0.15, -0.1) is 0 Å². The molecule has 0 amide bonds. The molecule has 0 aliphatic carbocycles. The highest BCUT2D eigenvalue weighted by atomic mass is 16.5. The number of carboxylic acids is 1. The number of ether oxygens (including phenoxy) is 1. The third kappa shape index (κ3) is 2.28. The minimum Gasteiger partial charge on any atom is -0.496 e. The molecule has 98 valence electrons. The number of aliphatic carboxylic acids is 1. The second-order valence-electron chi connectivity index (χ2n) is 4.53. The van der Waals surface area contributed by atoms with Crippen LogP contribution in [0.15, 0.2) is 18.2 Å². The maximum Gasteiger partial charge on any atom is 0.303 e. The predicted molar refractivity (Wildman–Crippen MR) is 70.4 cm³/mol. The van der Waals surface area contributed by atoms with Gasteiger partial charge in [0.1, 0.15) is 5.75 Å².